The van der Waals surface area contributed by atoms with Crippen LogP contribution in [0, 0.1) is 6.92 Å². The number of benzene rings is 1. The lowest BCUT2D eigenvalue weighted by Gasteiger charge is -1.99. The number of hydrogen-bond acceptors (Lipinski definition) is 5. The molecule has 1 aromatic heterocycles. The number of anilines is 1. The molecule has 0 radical (unpaired) electrons. The highest BCUT2D eigenvalue weighted by molar-refractivity contribution is 5.54. The first-order chi connectivity index (χ1) is 8.79. The summed E-state index contributed by atoms with van der Waals surface area (Å²) in [5.74, 6) is 1.05. The van der Waals surface area contributed by atoms with Gasteiger partial charge in [0.15, 0.2) is 0 Å². The van der Waals surface area contributed by atoms with Gasteiger partial charge < -0.3 is 14.6 Å². The number of aryl methyl sites for hydroxylation is 1. The fourth-order valence-corrected chi connectivity index (χ4v) is 1.53. The fourth-order valence-electron chi connectivity index (χ4n) is 1.53. The number of rotatable bonds is 6. The summed E-state index contributed by atoms with van der Waals surface area (Å²) in [7, 11) is 1.68. The molecule has 2 aromatic rings. The maximum absolute atomic E-state index is 5.19. The summed E-state index contributed by atoms with van der Waals surface area (Å²) in [6.07, 6.45) is 0.908. The van der Waals surface area contributed by atoms with E-state index in [0.29, 0.717) is 11.8 Å². The smallest absolute Gasteiger partial charge is 0.263 e. The van der Waals surface area contributed by atoms with Crippen molar-refractivity contribution in [2.24, 2.45) is 0 Å². The number of hydrogen-bond donors (Lipinski definition) is 1. The molecule has 0 unspecified atom stereocenters. The van der Waals surface area contributed by atoms with Crippen LogP contribution >= 0.6 is 0 Å². The van der Waals surface area contributed by atoms with Gasteiger partial charge in [0.25, 0.3) is 11.8 Å². The molecule has 5 heteroatoms. The van der Waals surface area contributed by atoms with Gasteiger partial charge in [0, 0.05) is 25.8 Å². The van der Waals surface area contributed by atoms with Crippen LogP contribution in [0.1, 0.15) is 12.0 Å². The van der Waals surface area contributed by atoms with Crippen LogP contribution in [-0.4, -0.2) is 30.4 Å². The monoisotopic (exact) mass is 247 g/mol. The van der Waals surface area contributed by atoms with Crippen LogP contribution in [0.5, 0.6) is 0 Å². The third kappa shape index (κ3) is 3.30. The van der Waals surface area contributed by atoms with Gasteiger partial charge >= 0.3 is 0 Å². The summed E-state index contributed by atoms with van der Waals surface area (Å²) < 4.78 is 10.2. The van der Waals surface area contributed by atoms with E-state index in [1.165, 1.54) is 5.56 Å². The third-order valence-electron chi connectivity index (χ3n) is 2.53. The number of nitrogens with one attached hydrogen (secondary N) is 1. The Balaban J connectivity index is 1.95. The van der Waals surface area contributed by atoms with Gasteiger partial charge in [-0.3, -0.25) is 0 Å². The van der Waals surface area contributed by atoms with Gasteiger partial charge in [0.05, 0.1) is 0 Å². The molecule has 0 saturated carbocycles. The van der Waals surface area contributed by atoms with Crippen molar-refractivity contribution in [3.8, 4) is 11.5 Å². The zero-order chi connectivity index (χ0) is 12.8. The largest absolute Gasteiger partial charge is 0.385 e. The molecular weight excluding hydrogens is 230 g/mol. The van der Waals surface area contributed by atoms with Gasteiger partial charge in [0.2, 0.25) is 0 Å². The molecule has 0 amide bonds. The summed E-state index contributed by atoms with van der Waals surface area (Å²) in [5, 5.41) is 6.96. The van der Waals surface area contributed by atoms with Gasteiger partial charge in [-0.1, -0.05) is 17.7 Å². The van der Waals surface area contributed by atoms with Crippen molar-refractivity contribution in [3.63, 3.8) is 0 Å². The molecule has 0 spiro atoms. The van der Waals surface area contributed by atoms with Crippen LogP contribution in [0.15, 0.2) is 28.8 Å². The van der Waals surface area contributed by atoms with E-state index in [0.717, 1.165) is 25.1 Å². The molecule has 0 fully saturated rings. The molecule has 0 bridgehead atoms. The Kier molecular flexibility index (Phi) is 4.30. The molecule has 96 valence electrons. The Morgan fingerprint density at radius 1 is 1.28 bits per heavy atom. The van der Waals surface area contributed by atoms with E-state index in [9.17, 15) is 0 Å². The van der Waals surface area contributed by atoms with Crippen LogP contribution in [0.2, 0.25) is 0 Å². The van der Waals surface area contributed by atoms with Crippen molar-refractivity contribution in [3.05, 3.63) is 29.8 Å². The fraction of sp³-hybridized carbons (Fsp3) is 0.385. The first-order valence-electron chi connectivity index (χ1n) is 5.93. The van der Waals surface area contributed by atoms with E-state index in [1.54, 1.807) is 7.11 Å². The highest BCUT2D eigenvalue weighted by atomic mass is 16.5. The quantitative estimate of drug-likeness (QED) is 0.795. The SMILES string of the molecule is COCCCNc1noc(-c2ccc(C)cc2)n1. The zero-order valence-corrected chi connectivity index (χ0v) is 10.6. The summed E-state index contributed by atoms with van der Waals surface area (Å²) in [6, 6.07) is 7.98. The van der Waals surface area contributed by atoms with E-state index >= 15 is 0 Å². The summed E-state index contributed by atoms with van der Waals surface area (Å²) in [5.41, 5.74) is 2.13. The second kappa shape index (κ2) is 6.16. The molecule has 0 atom stereocenters. The van der Waals surface area contributed by atoms with Gasteiger partial charge in [0.1, 0.15) is 0 Å². The molecule has 2 rings (SSSR count). The highest BCUT2D eigenvalue weighted by Gasteiger charge is 2.07. The van der Waals surface area contributed by atoms with Gasteiger partial charge in [-0.2, -0.15) is 4.98 Å². The summed E-state index contributed by atoms with van der Waals surface area (Å²) in [6.45, 7) is 3.52. The third-order valence-corrected chi connectivity index (χ3v) is 2.53. The lowest BCUT2D eigenvalue weighted by Crippen LogP contribution is -2.05. The van der Waals surface area contributed by atoms with Crippen molar-refractivity contribution in [1.29, 1.82) is 0 Å². The predicted molar refractivity (Wildman–Crippen MR) is 69.5 cm³/mol. The average Bonchev–Trinajstić information content (AvgIpc) is 2.84. The Labute approximate surface area is 106 Å². The van der Waals surface area contributed by atoms with E-state index in [-0.39, 0.29) is 0 Å². The van der Waals surface area contributed by atoms with Crippen LogP contribution in [0.25, 0.3) is 11.5 Å². The summed E-state index contributed by atoms with van der Waals surface area (Å²) >= 11 is 0. The molecule has 1 aromatic carbocycles. The second-order valence-electron chi connectivity index (χ2n) is 4.06. The summed E-state index contributed by atoms with van der Waals surface area (Å²) in [4.78, 5) is 4.28. The lowest BCUT2D eigenvalue weighted by molar-refractivity contribution is 0.197. The predicted octanol–water partition coefficient (Wildman–Crippen LogP) is 2.49. The van der Waals surface area contributed by atoms with Gasteiger partial charge in [-0.15, -0.1) is 0 Å². The molecular formula is C13H17N3O2. The first-order valence-corrected chi connectivity index (χ1v) is 5.93. The van der Waals surface area contributed by atoms with Crippen molar-refractivity contribution in [2.45, 2.75) is 13.3 Å². The molecule has 0 aliphatic heterocycles. The van der Waals surface area contributed by atoms with Crippen molar-refractivity contribution >= 4 is 5.95 Å². The normalized spacial score (nSPS) is 10.6. The minimum absolute atomic E-state index is 0.515. The lowest BCUT2D eigenvalue weighted by atomic mass is 10.1. The van der Waals surface area contributed by atoms with E-state index < -0.39 is 0 Å². The van der Waals surface area contributed by atoms with E-state index in [4.69, 9.17) is 9.26 Å². The highest BCUT2D eigenvalue weighted by Crippen LogP contribution is 2.18. The zero-order valence-electron chi connectivity index (χ0n) is 10.6. The molecule has 18 heavy (non-hydrogen) atoms. The topological polar surface area (TPSA) is 60.2 Å². The Bertz CT molecular complexity index is 479. The Morgan fingerprint density at radius 2 is 2.06 bits per heavy atom. The number of ether oxygens (including phenoxy) is 1. The minimum atomic E-state index is 0.515. The van der Waals surface area contributed by atoms with Gasteiger partial charge in [-0.05, 0) is 30.6 Å². The van der Waals surface area contributed by atoms with Crippen molar-refractivity contribution < 1.29 is 9.26 Å². The first kappa shape index (κ1) is 12.6. The second-order valence-corrected chi connectivity index (χ2v) is 4.06. The molecule has 5 nitrogen and oxygen atoms in total. The van der Waals surface area contributed by atoms with Crippen molar-refractivity contribution in [1.82, 2.24) is 10.1 Å². The molecule has 1 N–H and O–H groups in total. The molecule has 0 aliphatic rings. The Hall–Kier alpha value is -1.88. The van der Waals surface area contributed by atoms with Crippen LogP contribution in [-0.2, 0) is 4.74 Å². The average molecular weight is 247 g/mol. The van der Waals surface area contributed by atoms with E-state index in [2.05, 4.69) is 15.5 Å². The number of methoxy groups -OCH3 is 1. The standard InChI is InChI=1S/C13H17N3O2/c1-10-4-6-11(7-5-10)12-15-13(16-18-12)14-8-3-9-17-2/h4-7H,3,8-9H2,1-2H3,(H,14,16). The van der Waals surface area contributed by atoms with Crippen molar-refractivity contribution in [2.75, 3.05) is 25.6 Å². The molecule has 1 heterocycles. The number of aromatic nitrogens is 2. The molecule has 0 saturated heterocycles. The van der Waals surface area contributed by atoms with E-state index in [1.807, 2.05) is 31.2 Å². The maximum atomic E-state index is 5.19. The van der Waals surface area contributed by atoms with Crippen LogP contribution < -0.4 is 5.32 Å². The number of nitrogens with zero attached hydrogens (tertiary/aromatic N) is 2. The Morgan fingerprint density at radius 3 is 2.78 bits per heavy atom. The van der Waals surface area contributed by atoms with Crippen LogP contribution in [0.4, 0.5) is 5.95 Å². The molecule has 0 aliphatic carbocycles. The minimum Gasteiger partial charge on any atom is -0.385 e. The van der Waals surface area contributed by atoms with Crippen LogP contribution in [0.3, 0.4) is 0 Å². The van der Waals surface area contributed by atoms with Gasteiger partial charge in [-0.25, -0.2) is 0 Å². The maximum Gasteiger partial charge on any atom is 0.263 e.